The Bertz CT molecular complexity index is 699. The van der Waals surface area contributed by atoms with Crippen LogP contribution in [-0.4, -0.2) is 51.4 Å². The summed E-state index contributed by atoms with van der Waals surface area (Å²) in [6.45, 7) is 5.39. The molecule has 8 nitrogen and oxygen atoms in total. The molecule has 0 atom stereocenters. The highest BCUT2D eigenvalue weighted by atomic mass is 16.5. The van der Waals surface area contributed by atoms with Crippen LogP contribution >= 0.6 is 0 Å². The van der Waals surface area contributed by atoms with Crippen LogP contribution in [0.2, 0.25) is 0 Å². The van der Waals surface area contributed by atoms with Gasteiger partial charge in [0.1, 0.15) is 0 Å². The molecule has 8 heteroatoms. The second-order valence-corrected chi connectivity index (χ2v) is 5.72. The molecule has 3 heterocycles. The maximum Gasteiger partial charge on any atom is 0.246 e. The number of aryl methyl sites for hydroxylation is 1. The second-order valence-electron chi connectivity index (χ2n) is 5.72. The summed E-state index contributed by atoms with van der Waals surface area (Å²) in [5.74, 6) is 1.14. The van der Waals surface area contributed by atoms with Crippen molar-refractivity contribution in [2.75, 3.05) is 29.4 Å². The highest BCUT2D eigenvalue weighted by molar-refractivity contribution is 5.97. The van der Waals surface area contributed by atoms with E-state index in [0.717, 1.165) is 5.69 Å². The lowest BCUT2D eigenvalue weighted by molar-refractivity contribution is -0.117. The first-order chi connectivity index (χ1) is 11.0. The van der Waals surface area contributed by atoms with Gasteiger partial charge in [-0.3, -0.25) is 14.5 Å². The normalized spacial score (nSPS) is 15.4. The number of carbonyl (C=O) groups excluding carboxylic acids is 1. The number of piperazine rings is 1. The number of anilines is 2. The molecular formula is C15H20N6O2. The molecule has 1 saturated heterocycles. The molecule has 0 aromatic carbocycles. The van der Waals surface area contributed by atoms with Crippen molar-refractivity contribution >= 4 is 17.4 Å². The number of rotatable bonds is 4. The first-order valence-electron chi connectivity index (χ1n) is 7.55. The summed E-state index contributed by atoms with van der Waals surface area (Å²) in [7, 11) is 1.83. The molecule has 0 unspecified atom stereocenters. The number of hydrogen-bond donors (Lipinski definition) is 0. The predicted octanol–water partition coefficient (Wildman–Crippen LogP) is 0.850. The first-order valence-corrected chi connectivity index (χ1v) is 7.55. The molecule has 1 aliphatic heterocycles. The van der Waals surface area contributed by atoms with Crippen LogP contribution in [0.3, 0.4) is 0 Å². The molecule has 3 rings (SSSR count). The van der Waals surface area contributed by atoms with Crippen molar-refractivity contribution in [2.24, 2.45) is 7.05 Å². The fraction of sp³-hybridized carbons (Fsp3) is 0.467. The molecule has 1 aliphatic rings. The SMILES string of the molecule is CC(C)Oc1cncc(N2CCN(c3cnn(C)c3)C(=O)C2)n1. The number of nitrogens with zero attached hydrogens (tertiary/aromatic N) is 6. The molecule has 1 fully saturated rings. The number of carbonyl (C=O) groups is 1. The number of aromatic nitrogens is 4. The van der Waals surface area contributed by atoms with Gasteiger partial charge < -0.3 is 14.5 Å². The average molecular weight is 316 g/mol. The minimum atomic E-state index is 0.0150. The van der Waals surface area contributed by atoms with E-state index in [1.54, 1.807) is 28.2 Å². The lowest BCUT2D eigenvalue weighted by Crippen LogP contribution is -2.50. The monoisotopic (exact) mass is 316 g/mol. The highest BCUT2D eigenvalue weighted by Crippen LogP contribution is 2.20. The standard InChI is InChI=1S/C15H20N6O2/c1-11(2)23-14-8-16-7-13(18-14)20-4-5-21(15(22)10-20)12-6-17-19(3)9-12/h6-9,11H,4-5,10H2,1-3H3. The van der Waals surface area contributed by atoms with E-state index in [0.29, 0.717) is 24.8 Å². The van der Waals surface area contributed by atoms with Gasteiger partial charge >= 0.3 is 0 Å². The topological polar surface area (TPSA) is 76.4 Å². The highest BCUT2D eigenvalue weighted by Gasteiger charge is 2.27. The van der Waals surface area contributed by atoms with Gasteiger partial charge in [0, 0.05) is 26.3 Å². The summed E-state index contributed by atoms with van der Waals surface area (Å²) in [4.78, 5) is 24.6. The maximum atomic E-state index is 12.4. The van der Waals surface area contributed by atoms with Gasteiger partial charge in [-0.1, -0.05) is 0 Å². The Morgan fingerprint density at radius 1 is 1.22 bits per heavy atom. The van der Waals surface area contributed by atoms with E-state index in [1.807, 2.05) is 32.0 Å². The van der Waals surface area contributed by atoms with E-state index in [2.05, 4.69) is 15.1 Å². The van der Waals surface area contributed by atoms with Gasteiger partial charge in [0.15, 0.2) is 5.82 Å². The van der Waals surface area contributed by atoms with E-state index in [9.17, 15) is 4.79 Å². The van der Waals surface area contributed by atoms with Crippen molar-refractivity contribution in [2.45, 2.75) is 20.0 Å². The molecule has 0 aliphatic carbocycles. The van der Waals surface area contributed by atoms with Crippen LogP contribution in [0.25, 0.3) is 0 Å². The Hall–Kier alpha value is -2.64. The van der Waals surface area contributed by atoms with Gasteiger partial charge in [0.25, 0.3) is 0 Å². The first kappa shape index (κ1) is 15.3. The van der Waals surface area contributed by atoms with Crippen LogP contribution in [0, 0.1) is 0 Å². The van der Waals surface area contributed by atoms with E-state index < -0.39 is 0 Å². The van der Waals surface area contributed by atoms with Crippen LogP contribution in [0.5, 0.6) is 5.88 Å². The summed E-state index contributed by atoms with van der Waals surface area (Å²) in [5.41, 5.74) is 0.820. The van der Waals surface area contributed by atoms with Crippen molar-refractivity contribution < 1.29 is 9.53 Å². The van der Waals surface area contributed by atoms with Gasteiger partial charge in [0.05, 0.1) is 36.9 Å². The van der Waals surface area contributed by atoms with Crippen molar-refractivity contribution in [3.05, 3.63) is 24.8 Å². The molecule has 122 valence electrons. The molecule has 23 heavy (non-hydrogen) atoms. The average Bonchev–Trinajstić information content (AvgIpc) is 2.93. The molecule has 0 saturated carbocycles. The van der Waals surface area contributed by atoms with Crippen LogP contribution < -0.4 is 14.5 Å². The number of amides is 1. The Morgan fingerprint density at radius 2 is 2.04 bits per heavy atom. The third-order valence-electron chi connectivity index (χ3n) is 3.50. The van der Waals surface area contributed by atoms with Gasteiger partial charge in [-0.25, -0.2) is 0 Å². The van der Waals surface area contributed by atoms with Crippen molar-refractivity contribution in [3.63, 3.8) is 0 Å². The fourth-order valence-corrected chi connectivity index (χ4v) is 2.48. The molecule has 0 bridgehead atoms. The minimum absolute atomic E-state index is 0.0150. The third kappa shape index (κ3) is 3.41. The molecule has 0 spiro atoms. The fourth-order valence-electron chi connectivity index (χ4n) is 2.48. The summed E-state index contributed by atoms with van der Waals surface area (Å²) in [6, 6.07) is 0. The molecule has 1 amide bonds. The van der Waals surface area contributed by atoms with E-state index in [1.165, 1.54) is 0 Å². The molecular weight excluding hydrogens is 296 g/mol. The van der Waals surface area contributed by atoms with E-state index >= 15 is 0 Å². The van der Waals surface area contributed by atoms with Gasteiger partial charge in [-0.2, -0.15) is 10.1 Å². The zero-order valence-corrected chi connectivity index (χ0v) is 13.5. The van der Waals surface area contributed by atoms with Crippen molar-refractivity contribution in [1.29, 1.82) is 0 Å². The molecule has 0 radical (unpaired) electrons. The van der Waals surface area contributed by atoms with Crippen molar-refractivity contribution in [1.82, 2.24) is 19.7 Å². The molecule has 0 N–H and O–H groups in total. The van der Waals surface area contributed by atoms with Crippen LogP contribution in [-0.2, 0) is 11.8 Å². The molecule has 2 aromatic rings. The van der Waals surface area contributed by atoms with E-state index in [-0.39, 0.29) is 18.6 Å². The molecule has 2 aromatic heterocycles. The zero-order valence-electron chi connectivity index (χ0n) is 13.5. The van der Waals surface area contributed by atoms with Crippen LogP contribution in [0.4, 0.5) is 11.5 Å². The largest absolute Gasteiger partial charge is 0.474 e. The number of hydrogen-bond acceptors (Lipinski definition) is 6. The Morgan fingerprint density at radius 3 is 2.70 bits per heavy atom. The Kier molecular flexibility index (Phi) is 4.14. The third-order valence-corrected chi connectivity index (χ3v) is 3.50. The Labute approximate surface area is 134 Å². The summed E-state index contributed by atoms with van der Waals surface area (Å²) >= 11 is 0. The van der Waals surface area contributed by atoms with Gasteiger partial charge in [-0.15, -0.1) is 0 Å². The second kappa shape index (κ2) is 6.23. The zero-order chi connectivity index (χ0) is 16.4. The number of ether oxygens (including phenoxy) is 1. The lowest BCUT2D eigenvalue weighted by atomic mass is 10.3. The van der Waals surface area contributed by atoms with Gasteiger partial charge in [0.2, 0.25) is 11.8 Å². The van der Waals surface area contributed by atoms with E-state index in [4.69, 9.17) is 4.74 Å². The Balaban J connectivity index is 1.71. The van der Waals surface area contributed by atoms with Crippen LogP contribution in [0.15, 0.2) is 24.8 Å². The van der Waals surface area contributed by atoms with Gasteiger partial charge in [-0.05, 0) is 13.8 Å². The quantitative estimate of drug-likeness (QED) is 0.832. The predicted molar refractivity (Wildman–Crippen MR) is 85.6 cm³/mol. The smallest absolute Gasteiger partial charge is 0.246 e. The summed E-state index contributed by atoms with van der Waals surface area (Å²) in [5, 5.41) is 4.11. The maximum absolute atomic E-state index is 12.4. The minimum Gasteiger partial charge on any atom is -0.474 e. The van der Waals surface area contributed by atoms with Crippen molar-refractivity contribution in [3.8, 4) is 5.88 Å². The summed E-state index contributed by atoms with van der Waals surface area (Å²) in [6.07, 6.45) is 6.80. The summed E-state index contributed by atoms with van der Waals surface area (Å²) < 4.78 is 7.25. The lowest BCUT2D eigenvalue weighted by Gasteiger charge is -2.34. The van der Waals surface area contributed by atoms with Crippen LogP contribution in [0.1, 0.15) is 13.8 Å².